The summed E-state index contributed by atoms with van der Waals surface area (Å²) in [6.45, 7) is 1.99. The molecule has 84 valence electrons. The summed E-state index contributed by atoms with van der Waals surface area (Å²) < 4.78 is 5.10. The van der Waals surface area contributed by atoms with E-state index in [1.165, 1.54) is 4.88 Å². The summed E-state index contributed by atoms with van der Waals surface area (Å²) in [6, 6.07) is 4.10. The van der Waals surface area contributed by atoms with E-state index in [4.69, 9.17) is 4.74 Å². The molecule has 0 spiro atoms. The van der Waals surface area contributed by atoms with Gasteiger partial charge in [-0.2, -0.15) is 0 Å². The molecule has 0 radical (unpaired) electrons. The van der Waals surface area contributed by atoms with Crippen LogP contribution in [0.5, 0.6) is 0 Å². The van der Waals surface area contributed by atoms with Gasteiger partial charge in [0, 0.05) is 24.8 Å². The first kappa shape index (κ1) is 12.4. The Labute approximate surface area is 95.3 Å². The maximum Gasteiger partial charge on any atom is 0.133 e. The lowest BCUT2D eigenvalue weighted by Gasteiger charge is -2.07. The maximum atomic E-state index is 11.5. The average Bonchev–Trinajstić information content (AvgIpc) is 2.75. The molecule has 15 heavy (non-hydrogen) atoms. The van der Waals surface area contributed by atoms with Crippen LogP contribution in [-0.4, -0.2) is 19.0 Å². The third-order valence-corrected chi connectivity index (χ3v) is 3.40. The highest BCUT2D eigenvalue weighted by Crippen LogP contribution is 2.12. The second-order valence-electron chi connectivity index (χ2n) is 3.70. The quantitative estimate of drug-likeness (QED) is 0.714. The minimum absolute atomic E-state index is 0.190. The fourth-order valence-corrected chi connectivity index (χ4v) is 2.03. The molecule has 1 rings (SSSR count). The number of carbonyl (C=O) groups excluding carboxylic acids is 1. The van der Waals surface area contributed by atoms with Gasteiger partial charge in [-0.3, -0.25) is 4.79 Å². The summed E-state index contributed by atoms with van der Waals surface area (Å²) in [5, 5.41) is 2.05. The zero-order valence-electron chi connectivity index (χ0n) is 9.36. The number of ketones is 1. The van der Waals surface area contributed by atoms with E-state index < -0.39 is 0 Å². The molecule has 0 aliphatic rings. The molecule has 1 aromatic rings. The molecule has 0 saturated heterocycles. The van der Waals surface area contributed by atoms with Crippen LogP contribution in [0.2, 0.25) is 0 Å². The highest BCUT2D eigenvalue weighted by atomic mass is 32.1. The summed E-state index contributed by atoms with van der Waals surface area (Å²) in [4.78, 5) is 12.8. The predicted octanol–water partition coefficient (Wildman–Crippen LogP) is 3.06. The van der Waals surface area contributed by atoms with Gasteiger partial charge in [0.25, 0.3) is 0 Å². The smallest absolute Gasteiger partial charge is 0.133 e. The SMILES string of the molecule is COC(C)CCC(=O)CCc1cccs1. The molecule has 0 fully saturated rings. The van der Waals surface area contributed by atoms with Crippen molar-refractivity contribution in [1.82, 2.24) is 0 Å². The average molecular weight is 226 g/mol. The van der Waals surface area contributed by atoms with Gasteiger partial charge in [0.2, 0.25) is 0 Å². The number of thiophene rings is 1. The van der Waals surface area contributed by atoms with E-state index in [0.29, 0.717) is 18.6 Å². The zero-order chi connectivity index (χ0) is 11.1. The maximum absolute atomic E-state index is 11.5. The van der Waals surface area contributed by atoms with Gasteiger partial charge in [-0.15, -0.1) is 11.3 Å². The van der Waals surface area contributed by atoms with Crippen molar-refractivity contribution in [2.75, 3.05) is 7.11 Å². The molecule has 0 aromatic carbocycles. The highest BCUT2D eigenvalue weighted by molar-refractivity contribution is 7.09. The van der Waals surface area contributed by atoms with Gasteiger partial charge in [-0.05, 0) is 31.2 Å². The summed E-state index contributed by atoms with van der Waals surface area (Å²) in [7, 11) is 1.68. The van der Waals surface area contributed by atoms with Gasteiger partial charge < -0.3 is 4.74 Å². The third-order valence-electron chi connectivity index (χ3n) is 2.46. The molecule has 0 aliphatic carbocycles. The van der Waals surface area contributed by atoms with E-state index in [2.05, 4.69) is 6.07 Å². The molecule has 0 saturated carbocycles. The van der Waals surface area contributed by atoms with E-state index in [1.807, 2.05) is 18.4 Å². The van der Waals surface area contributed by atoms with Crippen LogP contribution in [0.25, 0.3) is 0 Å². The first-order valence-corrected chi connectivity index (χ1v) is 6.17. The lowest BCUT2D eigenvalue weighted by atomic mass is 10.1. The van der Waals surface area contributed by atoms with Crippen molar-refractivity contribution in [2.45, 2.75) is 38.7 Å². The van der Waals surface area contributed by atoms with Crippen molar-refractivity contribution in [1.29, 1.82) is 0 Å². The van der Waals surface area contributed by atoms with Gasteiger partial charge in [-0.1, -0.05) is 6.07 Å². The Kier molecular flexibility index (Phi) is 5.58. The molecular formula is C12H18O2S. The lowest BCUT2D eigenvalue weighted by Crippen LogP contribution is -2.08. The van der Waals surface area contributed by atoms with E-state index >= 15 is 0 Å². The van der Waals surface area contributed by atoms with Gasteiger partial charge in [0.1, 0.15) is 5.78 Å². The molecule has 0 N–H and O–H groups in total. The Morgan fingerprint density at radius 1 is 1.53 bits per heavy atom. The number of rotatable bonds is 7. The predicted molar refractivity (Wildman–Crippen MR) is 63.4 cm³/mol. The van der Waals surface area contributed by atoms with Crippen molar-refractivity contribution in [2.24, 2.45) is 0 Å². The molecule has 1 atom stereocenters. The molecule has 1 heterocycles. The minimum atomic E-state index is 0.190. The summed E-state index contributed by atoms with van der Waals surface area (Å²) in [6.07, 6.45) is 3.21. The number of Topliss-reactive ketones (excluding diaryl/α,β-unsaturated/α-hetero) is 1. The van der Waals surface area contributed by atoms with Crippen LogP contribution in [0.4, 0.5) is 0 Å². The molecule has 3 heteroatoms. The molecular weight excluding hydrogens is 208 g/mol. The molecule has 0 aliphatic heterocycles. The van der Waals surface area contributed by atoms with Crippen LogP contribution in [0.15, 0.2) is 17.5 Å². The second kappa shape index (κ2) is 6.75. The van der Waals surface area contributed by atoms with E-state index in [9.17, 15) is 4.79 Å². The Hall–Kier alpha value is -0.670. The van der Waals surface area contributed by atoms with Gasteiger partial charge in [0.05, 0.1) is 6.10 Å². The number of carbonyl (C=O) groups is 1. The number of hydrogen-bond acceptors (Lipinski definition) is 3. The zero-order valence-corrected chi connectivity index (χ0v) is 10.2. The number of ether oxygens (including phenoxy) is 1. The molecule has 0 bridgehead atoms. The van der Waals surface area contributed by atoms with Crippen molar-refractivity contribution >= 4 is 17.1 Å². The summed E-state index contributed by atoms with van der Waals surface area (Å²) in [5.41, 5.74) is 0. The molecule has 0 amide bonds. The summed E-state index contributed by atoms with van der Waals surface area (Å²) >= 11 is 1.72. The van der Waals surface area contributed by atoms with E-state index in [-0.39, 0.29) is 6.10 Å². The number of methoxy groups -OCH3 is 1. The van der Waals surface area contributed by atoms with Crippen LogP contribution in [-0.2, 0) is 16.0 Å². The monoisotopic (exact) mass is 226 g/mol. The first-order valence-electron chi connectivity index (χ1n) is 5.29. The second-order valence-corrected chi connectivity index (χ2v) is 4.74. The van der Waals surface area contributed by atoms with Gasteiger partial charge in [-0.25, -0.2) is 0 Å². The van der Waals surface area contributed by atoms with Gasteiger partial charge >= 0.3 is 0 Å². The fourth-order valence-electron chi connectivity index (χ4n) is 1.32. The van der Waals surface area contributed by atoms with Crippen molar-refractivity contribution in [3.63, 3.8) is 0 Å². The largest absolute Gasteiger partial charge is 0.382 e. The lowest BCUT2D eigenvalue weighted by molar-refractivity contribution is -0.119. The molecule has 1 unspecified atom stereocenters. The van der Waals surface area contributed by atoms with Crippen molar-refractivity contribution in [3.05, 3.63) is 22.4 Å². The minimum Gasteiger partial charge on any atom is -0.382 e. The van der Waals surface area contributed by atoms with E-state index in [0.717, 1.165) is 12.8 Å². The Morgan fingerprint density at radius 2 is 2.33 bits per heavy atom. The highest BCUT2D eigenvalue weighted by Gasteiger charge is 2.06. The molecule has 1 aromatic heterocycles. The van der Waals surface area contributed by atoms with E-state index in [1.54, 1.807) is 18.4 Å². The van der Waals surface area contributed by atoms with Gasteiger partial charge in [0.15, 0.2) is 0 Å². The normalized spacial score (nSPS) is 12.7. The van der Waals surface area contributed by atoms with Crippen LogP contribution in [0.1, 0.15) is 31.1 Å². The fraction of sp³-hybridized carbons (Fsp3) is 0.583. The van der Waals surface area contributed by atoms with Crippen LogP contribution >= 0.6 is 11.3 Å². The van der Waals surface area contributed by atoms with Crippen LogP contribution < -0.4 is 0 Å². The topological polar surface area (TPSA) is 26.3 Å². The number of hydrogen-bond donors (Lipinski definition) is 0. The standard InChI is InChI=1S/C12H18O2S/c1-10(14-2)5-6-11(13)7-8-12-4-3-9-15-12/h3-4,9-10H,5-8H2,1-2H3. The first-order chi connectivity index (χ1) is 7.22. The van der Waals surface area contributed by atoms with Crippen molar-refractivity contribution in [3.8, 4) is 0 Å². The Morgan fingerprint density at radius 3 is 2.93 bits per heavy atom. The Bertz CT molecular complexity index is 280. The van der Waals surface area contributed by atoms with Crippen molar-refractivity contribution < 1.29 is 9.53 Å². The number of aryl methyl sites for hydroxylation is 1. The van der Waals surface area contributed by atoms with Crippen LogP contribution in [0.3, 0.4) is 0 Å². The Balaban J connectivity index is 2.14. The third kappa shape index (κ3) is 5.09. The van der Waals surface area contributed by atoms with Crippen LogP contribution in [0, 0.1) is 0 Å². The molecule has 2 nitrogen and oxygen atoms in total. The summed E-state index contributed by atoms with van der Waals surface area (Å²) in [5.74, 6) is 0.340.